The summed E-state index contributed by atoms with van der Waals surface area (Å²) in [6.07, 6.45) is 4.48. The van der Waals surface area contributed by atoms with E-state index in [1.807, 2.05) is 6.20 Å². The van der Waals surface area contributed by atoms with Crippen molar-refractivity contribution in [1.82, 2.24) is 20.4 Å². The van der Waals surface area contributed by atoms with Crippen molar-refractivity contribution in [2.75, 3.05) is 13.1 Å². The Bertz CT molecular complexity index is 849. The highest BCUT2D eigenvalue weighted by molar-refractivity contribution is 5.62. The fourth-order valence-corrected chi connectivity index (χ4v) is 3.61. The molecule has 0 unspecified atom stereocenters. The van der Waals surface area contributed by atoms with Gasteiger partial charge < -0.3 is 5.32 Å². The average molecular weight is 364 g/mol. The van der Waals surface area contributed by atoms with E-state index in [1.54, 1.807) is 12.1 Å². The first-order valence-electron chi connectivity index (χ1n) is 9.57. The van der Waals surface area contributed by atoms with Crippen LogP contribution < -0.4 is 5.32 Å². The summed E-state index contributed by atoms with van der Waals surface area (Å²) >= 11 is 0. The van der Waals surface area contributed by atoms with Gasteiger partial charge in [0.2, 0.25) is 0 Å². The average Bonchev–Trinajstić information content (AvgIpc) is 3.36. The fourth-order valence-electron chi connectivity index (χ4n) is 3.61. The first-order valence-corrected chi connectivity index (χ1v) is 9.57. The molecule has 1 fully saturated rings. The Balaban J connectivity index is 1.31. The molecule has 0 radical (unpaired) electrons. The number of nitrogens with zero attached hydrogens (tertiary/aromatic N) is 2. The number of nitrogens with one attached hydrogen (secondary N) is 2. The number of aromatic amines is 1. The molecule has 2 heterocycles. The molecule has 0 bridgehead atoms. The third-order valence-corrected chi connectivity index (χ3v) is 5.12. The summed E-state index contributed by atoms with van der Waals surface area (Å²) in [4.78, 5) is 2.52. The van der Waals surface area contributed by atoms with Gasteiger partial charge in [-0.05, 0) is 61.3 Å². The van der Waals surface area contributed by atoms with Crippen molar-refractivity contribution in [2.45, 2.75) is 32.5 Å². The number of hydrogen-bond donors (Lipinski definition) is 2. The van der Waals surface area contributed by atoms with Crippen LogP contribution in [-0.2, 0) is 19.6 Å². The molecule has 4 rings (SSSR count). The SMILES string of the molecule is Fc1ccc(-c2[nH]ncc2CNCc2ccc(CN3CCCC3)cc2)cc1. The van der Waals surface area contributed by atoms with E-state index in [0.717, 1.165) is 29.9 Å². The second-order valence-electron chi connectivity index (χ2n) is 7.18. The van der Waals surface area contributed by atoms with Gasteiger partial charge in [-0.2, -0.15) is 5.10 Å². The third kappa shape index (κ3) is 4.62. The molecule has 0 aliphatic carbocycles. The predicted molar refractivity (Wildman–Crippen MR) is 105 cm³/mol. The number of benzene rings is 2. The monoisotopic (exact) mass is 364 g/mol. The number of rotatable bonds is 7. The van der Waals surface area contributed by atoms with Gasteiger partial charge in [0.15, 0.2) is 0 Å². The van der Waals surface area contributed by atoms with Crippen molar-refractivity contribution < 1.29 is 4.39 Å². The van der Waals surface area contributed by atoms with E-state index in [4.69, 9.17) is 0 Å². The molecule has 5 heteroatoms. The third-order valence-electron chi connectivity index (χ3n) is 5.12. The number of aromatic nitrogens is 2. The zero-order valence-corrected chi connectivity index (χ0v) is 15.4. The Kier molecular flexibility index (Phi) is 5.61. The quantitative estimate of drug-likeness (QED) is 0.663. The van der Waals surface area contributed by atoms with Crippen LogP contribution in [0.4, 0.5) is 4.39 Å². The maximum atomic E-state index is 13.1. The van der Waals surface area contributed by atoms with Gasteiger partial charge in [0, 0.05) is 30.8 Å². The van der Waals surface area contributed by atoms with Crippen LogP contribution in [-0.4, -0.2) is 28.2 Å². The van der Waals surface area contributed by atoms with Crippen molar-refractivity contribution in [3.63, 3.8) is 0 Å². The molecular formula is C22H25FN4. The van der Waals surface area contributed by atoms with Crippen LogP contribution in [0.5, 0.6) is 0 Å². The second kappa shape index (κ2) is 8.46. The lowest BCUT2D eigenvalue weighted by Crippen LogP contribution is -2.18. The summed E-state index contributed by atoms with van der Waals surface area (Å²) in [5, 5.41) is 10.6. The summed E-state index contributed by atoms with van der Waals surface area (Å²) in [6.45, 7) is 5.02. The molecule has 2 aromatic carbocycles. The molecule has 0 spiro atoms. The normalized spacial score (nSPS) is 14.7. The maximum Gasteiger partial charge on any atom is 0.123 e. The minimum Gasteiger partial charge on any atom is -0.308 e. The van der Waals surface area contributed by atoms with Crippen LogP contribution in [0.2, 0.25) is 0 Å². The Morgan fingerprint density at radius 2 is 1.63 bits per heavy atom. The number of likely N-dealkylation sites (tertiary alicyclic amines) is 1. The zero-order valence-electron chi connectivity index (χ0n) is 15.4. The van der Waals surface area contributed by atoms with Crippen LogP contribution >= 0.6 is 0 Å². The molecule has 27 heavy (non-hydrogen) atoms. The van der Waals surface area contributed by atoms with Crippen molar-refractivity contribution >= 4 is 0 Å². The van der Waals surface area contributed by atoms with Crippen LogP contribution in [0, 0.1) is 5.82 Å². The molecule has 2 N–H and O–H groups in total. The molecule has 4 nitrogen and oxygen atoms in total. The lowest BCUT2D eigenvalue weighted by atomic mass is 10.1. The molecule has 1 aliphatic rings. The van der Waals surface area contributed by atoms with Gasteiger partial charge in [-0.15, -0.1) is 0 Å². The smallest absolute Gasteiger partial charge is 0.123 e. The first kappa shape index (κ1) is 17.9. The fraction of sp³-hybridized carbons (Fsp3) is 0.318. The van der Waals surface area contributed by atoms with Gasteiger partial charge >= 0.3 is 0 Å². The van der Waals surface area contributed by atoms with Crippen molar-refractivity contribution in [2.24, 2.45) is 0 Å². The first-order chi connectivity index (χ1) is 13.3. The van der Waals surface area contributed by atoms with Crippen LogP contribution in [0.25, 0.3) is 11.3 Å². The molecule has 140 valence electrons. The Hall–Kier alpha value is -2.50. The van der Waals surface area contributed by atoms with Crippen LogP contribution in [0.1, 0.15) is 29.5 Å². The maximum absolute atomic E-state index is 13.1. The minimum atomic E-state index is -0.230. The Morgan fingerprint density at radius 3 is 2.37 bits per heavy atom. The molecular weight excluding hydrogens is 339 g/mol. The highest BCUT2D eigenvalue weighted by Gasteiger charge is 2.11. The van der Waals surface area contributed by atoms with Gasteiger partial charge in [-0.3, -0.25) is 10.00 Å². The number of H-pyrrole nitrogens is 1. The summed E-state index contributed by atoms with van der Waals surface area (Å²) in [7, 11) is 0. The summed E-state index contributed by atoms with van der Waals surface area (Å²) in [5.41, 5.74) is 5.61. The number of hydrogen-bond acceptors (Lipinski definition) is 3. The largest absolute Gasteiger partial charge is 0.308 e. The van der Waals surface area contributed by atoms with E-state index in [-0.39, 0.29) is 5.82 Å². The van der Waals surface area contributed by atoms with E-state index in [0.29, 0.717) is 6.54 Å². The van der Waals surface area contributed by atoms with Gasteiger partial charge in [0.1, 0.15) is 5.82 Å². The van der Waals surface area contributed by atoms with E-state index in [2.05, 4.69) is 44.7 Å². The molecule has 1 aliphatic heterocycles. The lowest BCUT2D eigenvalue weighted by Gasteiger charge is -2.14. The number of halogens is 1. The highest BCUT2D eigenvalue weighted by Crippen LogP contribution is 2.21. The highest BCUT2D eigenvalue weighted by atomic mass is 19.1. The van der Waals surface area contributed by atoms with E-state index in [9.17, 15) is 4.39 Å². The Labute approximate surface area is 159 Å². The van der Waals surface area contributed by atoms with E-state index < -0.39 is 0 Å². The van der Waals surface area contributed by atoms with E-state index in [1.165, 1.54) is 49.2 Å². The van der Waals surface area contributed by atoms with Crippen molar-refractivity contribution in [3.05, 3.63) is 77.2 Å². The van der Waals surface area contributed by atoms with E-state index >= 15 is 0 Å². The van der Waals surface area contributed by atoms with Crippen LogP contribution in [0.15, 0.2) is 54.7 Å². The van der Waals surface area contributed by atoms with Gasteiger partial charge in [-0.25, -0.2) is 4.39 Å². The van der Waals surface area contributed by atoms with Crippen molar-refractivity contribution in [1.29, 1.82) is 0 Å². The summed E-state index contributed by atoms with van der Waals surface area (Å²) in [6, 6.07) is 15.3. The van der Waals surface area contributed by atoms with Crippen molar-refractivity contribution in [3.8, 4) is 11.3 Å². The van der Waals surface area contributed by atoms with Gasteiger partial charge in [0.25, 0.3) is 0 Å². The Morgan fingerprint density at radius 1 is 0.926 bits per heavy atom. The molecule has 1 aromatic heterocycles. The lowest BCUT2D eigenvalue weighted by molar-refractivity contribution is 0.331. The molecule has 0 saturated carbocycles. The van der Waals surface area contributed by atoms with Gasteiger partial charge in [0.05, 0.1) is 11.9 Å². The summed E-state index contributed by atoms with van der Waals surface area (Å²) in [5.74, 6) is -0.230. The zero-order chi connectivity index (χ0) is 18.5. The van der Waals surface area contributed by atoms with Gasteiger partial charge in [-0.1, -0.05) is 24.3 Å². The molecule has 1 saturated heterocycles. The standard InChI is InChI=1S/C22H25FN4/c23-21-9-7-19(8-10-21)22-20(15-25-26-22)14-24-13-17-3-5-18(6-4-17)16-27-11-1-2-12-27/h3-10,15,24H,1-2,11-14,16H2,(H,25,26). The summed E-state index contributed by atoms with van der Waals surface area (Å²) < 4.78 is 13.1. The molecule has 3 aromatic rings. The van der Waals surface area contributed by atoms with Crippen LogP contribution in [0.3, 0.4) is 0 Å². The molecule has 0 atom stereocenters. The predicted octanol–water partition coefficient (Wildman–Crippen LogP) is 4.10. The topological polar surface area (TPSA) is 44.0 Å². The second-order valence-corrected chi connectivity index (χ2v) is 7.18. The minimum absolute atomic E-state index is 0.230. The molecule has 0 amide bonds.